The molecule has 1 aliphatic carbocycles. The first-order valence-corrected chi connectivity index (χ1v) is 7.65. The highest BCUT2D eigenvalue weighted by molar-refractivity contribution is 6.09. The van der Waals surface area contributed by atoms with Crippen LogP contribution < -0.4 is 5.32 Å². The van der Waals surface area contributed by atoms with E-state index < -0.39 is 0 Å². The number of nitrogens with one attached hydrogen (secondary N) is 2. The molecule has 3 heteroatoms. The molecule has 0 spiro atoms. The van der Waals surface area contributed by atoms with Crippen LogP contribution in [0.15, 0.2) is 24.4 Å². The van der Waals surface area contributed by atoms with Gasteiger partial charge in [0.2, 0.25) is 0 Å². The van der Waals surface area contributed by atoms with Gasteiger partial charge in [0, 0.05) is 28.7 Å². The molecule has 106 valence electrons. The Morgan fingerprint density at radius 1 is 1.35 bits per heavy atom. The molecule has 20 heavy (non-hydrogen) atoms. The second-order valence-corrected chi connectivity index (χ2v) is 5.68. The summed E-state index contributed by atoms with van der Waals surface area (Å²) < 4.78 is 0. The van der Waals surface area contributed by atoms with Crippen LogP contribution in [0.1, 0.15) is 48.5 Å². The number of aromatic amines is 1. The Hall–Kier alpha value is -1.61. The molecular formula is C17H22N2O. The van der Waals surface area contributed by atoms with Gasteiger partial charge in [-0.05, 0) is 24.8 Å². The van der Waals surface area contributed by atoms with Gasteiger partial charge in [-0.2, -0.15) is 0 Å². The van der Waals surface area contributed by atoms with Gasteiger partial charge in [0.1, 0.15) is 0 Å². The maximum Gasteiger partial charge on any atom is 0.178 e. The highest BCUT2D eigenvalue weighted by Crippen LogP contribution is 2.23. The van der Waals surface area contributed by atoms with Crippen molar-refractivity contribution < 1.29 is 4.79 Å². The molecule has 0 bridgehead atoms. The van der Waals surface area contributed by atoms with Crippen molar-refractivity contribution in [2.45, 2.75) is 45.1 Å². The smallest absolute Gasteiger partial charge is 0.178 e. The van der Waals surface area contributed by atoms with Gasteiger partial charge in [0.15, 0.2) is 5.78 Å². The number of para-hydroxylation sites is 1. The molecule has 0 aliphatic heterocycles. The fraction of sp³-hybridized carbons (Fsp3) is 0.471. The topological polar surface area (TPSA) is 44.9 Å². The second-order valence-electron chi connectivity index (χ2n) is 5.68. The van der Waals surface area contributed by atoms with Crippen LogP contribution in [-0.2, 0) is 6.42 Å². The molecule has 1 aromatic heterocycles. The van der Waals surface area contributed by atoms with Gasteiger partial charge in [0.25, 0.3) is 0 Å². The first kappa shape index (κ1) is 13.4. The Kier molecular flexibility index (Phi) is 3.88. The summed E-state index contributed by atoms with van der Waals surface area (Å²) in [6.07, 6.45) is 7.84. The molecule has 3 nitrogen and oxygen atoms in total. The Morgan fingerprint density at radius 3 is 2.90 bits per heavy atom. The third-order valence-electron chi connectivity index (χ3n) is 4.39. The molecular weight excluding hydrogens is 248 g/mol. The minimum absolute atomic E-state index is 0.191. The van der Waals surface area contributed by atoms with E-state index >= 15 is 0 Å². The van der Waals surface area contributed by atoms with Gasteiger partial charge in [0.05, 0.1) is 6.54 Å². The summed E-state index contributed by atoms with van der Waals surface area (Å²) in [7, 11) is 0. The molecule has 1 heterocycles. The summed E-state index contributed by atoms with van der Waals surface area (Å²) in [5.41, 5.74) is 3.20. The predicted molar refractivity (Wildman–Crippen MR) is 82.3 cm³/mol. The molecule has 2 N–H and O–H groups in total. The highest BCUT2D eigenvalue weighted by Gasteiger charge is 2.17. The van der Waals surface area contributed by atoms with Gasteiger partial charge in [-0.1, -0.05) is 38.0 Å². The molecule has 0 atom stereocenters. The molecule has 0 amide bonds. The maximum atomic E-state index is 12.4. The van der Waals surface area contributed by atoms with Crippen LogP contribution in [0.4, 0.5) is 0 Å². The van der Waals surface area contributed by atoms with Crippen LogP contribution in [0, 0.1) is 0 Å². The van der Waals surface area contributed by atoms with Gasteiger partial charge >= 0.3 is 0 Å². The first-order valence-electron chi connectivity index (χ1n) is 7.65. The maximum absolute atomic E-state index is 12.4. The average Bonchev–Trinajstić information content (AvgIpc) is 3.13. The summed E-state index contributed by atoms with van der Waals surface area (Å²) in [5.74, 6) is 0.191. The number of carbonyl (C=O) groups excluding carboxylic acids is 1. The van der Waals surface area contributed by atoms with E-state index in [1.165, 1.54) is 31.2 Å². The Labute approximate surface area is 119 Å². The Balaban J connectivity index is 1.77. The van der Waals surface area contributed by atoms with Crippen LogP contribution in [0.2, 0.25) is 0 Å². The van der Waals surface area contributed by atoms with Crippen molar-refractivity contribution in [3.8, 4) is 0 Å². The van der Waals surface area contributed by atoms with E-state index in [2.05, 4.69) is 23.3 Å². The number of aryl methyl sites for hydroxylation is 1. The van der Waals surface area contributed by atoms with Crippen molar-refractivity contribution in [2.24, 2.45) is 0 Å². The monoisotopic (exact) mass is 270 g/mol. The van der Waals surface area contributed by atoms with E-state index in [4.69, 9.17) is 0 Å². The molecule has 1 aliphatic rings. The normalized spacial score (nSPS) is 16.1. The minimum Gasteiger partial charge on any atom is -0.360 e. The number of aromatic nitrogens is 1. The van der Waals surface area contributed by atoms with Crippen LogP contribution in [0.5, 0.6) is 0 Å². The standard InChI is InChI=1S/C17H22N2O/c1-2-12-6-5-9-14-15(10-19-17(12)14)16(20)11-18-13-7-3-4-8-13/h5-6,9-10,13,18-19H,2-4,7-8,11H2,1H3. The van der Waals surface area contributed by atoms with Crippen molar-refractivity contribution in [2.75, 3.05) is 6.54 Å². The van der Waals surface area contributed by atoms with E-state index in [-0.39, 0.29) is 5.78 Å². The SMILES string of the molecule is CCc1cccc2c(C(=O)CNC3CCCC3)c[nH]c12. The van der Waals surface area contributed by atoms with Crippen molar-refractivity contribution in [3.05, 3.63) is 35.5 Å². The number of carbonyl (C=O) groups is 1. The molecule has 1 aromatic carbocycles. The minimum atomic E-state index is 0.191. The number of H-pyrrole nitrogens is 1. The predicted octanol–water partition coefficient (Wildman–Crippen LogP) is 3.45. The molecule has 1 fully saturated rings. The third kappa shape index (κ3) is 2.50. The van der Waals surface area contributed by atoms with Crippen molar-refractivity contribution in [3.63, 3.8) is 0 Å². The zero-order valence-electron chi connectivity index (χ0n) is 12.0. The number of rotatable bonds is 5. The number of benzene rings is 1. The second kappa shape index (κ2) is 5.80. The molecule has 3 rings (SSSR count). The zero-order chi connectivity index (χ0) is 13.9. The van der Waals surface area contributed by atoms with Gasteiger partial charge in [-0.15, -0.1) is 0 Å². The average molecular weight is 270 g/mol. The molecule has 0 saturated heterocycles. The molecule has 2 aromatic rings. The summed E-state index contributed by atoms with van der Waals surface area (Å²) in [4.78, 5) is 15.7. The number of fused-ring (bicyclic) bond motifs is 1. The van der Waals surface area contributed by atoms with E-state index in [1.54, 1.807) is 0 Å². The lowest BCUT2D eigenvalue weighted by molar-refractivity contribution is 0.0989. The van der Waals surface area contributed by atoms with Crippen LogP contribution in [-0.4, -0.2) is 23.4 Å². The van der Waals surface area contributed by atoms with E-state index in [9.17, 15) is 4.79 Å². The highest BCUT2D eigenvalue weighted by atomic mass is 16.1. The Morgan fingerprint density at radius 2 is 2.15 bits per heavy atom. The lowest BCUT2D eigenvalue weighted by atomic mass is 10.0. The lowest BCUT2D eigenvalue weighted by Crippen LogP contribution is -2.31. The zero-order valence-corrected chi connectivity index (χ0v) is 12.0. The summed E-state index contributed by atoms with van der Waals surface area (Å²) in [5, 5.41) is 4.46. The summed E-state index contributed by atoms with van der Waals surface area (Å²) in [6, 6.07) is 6.73. The van der Waals surface area contributed by atoms with Crippen molar-refractivity contribution >= 4 is 16.7 Å². The number of Topliss-reactive ketones (excluding diaryl/α,β-unsaturated/α-hetero) is 1. The number of ketones is 1. The third-order valence-corrected chi connectivity index (χ3v) is 4.39. The van der Waals surface area contributed by atoms with Crippen LogP contribution >= 0.6 is 0 Å². The first-order chi connectivity index (χ1) is 9.79. The quantitative estimate of drug-likeness (QED) is 0.817. The molecule has 1 saturated carbocycles. The fourth-order valence-corrected chi connectivity index (χ4v) is 3.20. The van der Waals surface area contributed by atoms with Crippen LogP contribution in [0.25, 0.3) is 10.9 Å². The van der Waals surface area contributed by atoms with E-state index in [0.29, 0.717) is 12.6 Å². The fourth-order valence-electron chi connectivity index (χ4n) is 3.20. The van der Waals surface area contributed by atoms with Crippen LogP contribution in [0.3, 0.4) is 0 Å². The summed E-state index contributed by atoms with van der Waals surface area (Å²) >= 11 is 0. The number of hydrogen-bond acceptors (Lipinski definition) is 2. The molecule has 0 unspecified atom stereocenters. The van der Waals surface area contributed by atoms with Gasteiger partial charge in [-0.25, -0.2) is 0 Å². The van der Waals surface area contributed by atoms with Gasteiger partial charge in [-0.3, -0.25) is 4.79 Å². The van der Waals surface area contributed by atoms with E-state index in [1.807, 2.05) is 18.3 Å². The largest absolute Gasteiger partial charge is 0.360 e. The van der Waals surface area contributed by atoms with E-state index in [0.717, 1.165) is 22.9 Å². The Bertz CT molecular complexity index is 608. The molecule has 0 radical (unpaired) electrons. The summed E-state index contributed by atoms with van der Waals surface area (Å²) in [6.45, 7) is 2.59. The van der Waals surface area contributed by atoms with Gasteiger partial charge < -0.3 is 10.3 Å². The van der Waals surface area contributed by atoms with Crippen molar-refractivity contribution in [1.82, 2.24) is 10.3 Å². The number of hydrogen-bond donors (Lipinski definition) is 2. The lowest BCUT2D eigenvalue weighted by Gasteiger charge is -2.10. The van der Waals surface area contributed by atoms with Crippen molar-refractivity contribution in [1.29, 1.82) is 0 Å².